The summed E-state index contributed by atoms with van der Waals surface area (Å²) in [4.78, 5) is 26.1. The number of hydrogen-bond acceptors (Lipinski definition) is 3. The molecule has 2 rings (SSSR count). The Morgan fingerprint density at radius 3 is 2.53 bits per heavy atom. The van der Waals surface area contributed by atoms with Gasteiger partial charge in [-0.25, -0.2) is 9.97 Å². The quantitative estimate of drug-likeness (QED) is 0.778. The molecule has 0 aliphatic rings. The molecule has 0 bridgehead atoms. The highest BCUT2D eigenvalue weighted by atomic mass is 127. The van der Waals surface area contributed by atoms with Gasteiger partial charge >= 0.3 is 0 Å². The predicted molar refractivity (Wildman–Crippen MR) is 73.9 cm³/mol. The Morgan fingerprint density at radius 2 is 2.00 bits per heavy atom. The molecule has 0 aliphatic carbocycles. The zero-order valence-electron chi connectivity index (χ0n) is 9.84. The summed E-state index contributed by atoms with van der Waals surface area (Å²) >= 11 is 2.03. The minimum atomic E-state index is -0.174. The molecule has 0 spiro atoms. The standard InChI is InChI=1S/C11H13IN4O/c1-11(2,3)7-6(12)10(17)16-9(15-7)8-13-4-5-14-8/h4-5H,1-3H3,(H,13,14)(H,15,16,17). The van der Waals surface area contributed by atoms with Crippen molar-refractivity contribution < 1.29 is 0 Å². The number of nitrogens with zero attached hydrogens (tertiary/aromatic N) is 2. The fourth-order valence-corrected chi connectivity index (χ4v) is 2.53. The third-order valence-electron chi connectivity index (χ3n) is 2.30. The van der Waals surface area contributed by atoms with Gasteiger partial charge in [0.2, 0.25) is 0 Å². The summed E-state index contributed by atoms with van der Waals surface area (Å²) < 4.78 is 0.630. The van der Waals surface area contributed by atoms with Gasteiger partial charge < -0.3 is 9.97 Å². The second kappa shape index (κ2) is 4.25. The fraction of sp³-hybridized carbons (Fsp3) is 0.364. The van der Waals surface area contributed by atoms with E-state index in [0.717, 1.165) is 5.69 Å². The first-order valence-corrected chi connectivity index (χ1v) is 6.27. The number of halogens is 1. The van der Waals surface area contributed by atoms with Gasteiger partial charge in [-0.3, -0.25) is 4.79 Å². The van der Waals surface area contributed by atoms with Crippen LogP contribution >= 0.6 is 22.6 Å². The Hall–Kier alpha value is -1.18. The van der Waals surface area contributed by atoms with Gasteiger partial charge in [0.15, 0.2) is 11.6 Å². The summed E-state index contributed by atoms with van der Waals surface area (Å²) in [6.07, 6.45) is 3.33. The zero-order valence-corrected chi connectivity index (χ0v) is 12.0. The molecule has 0 atom stereocenters. The van der Waals surface area contributed by atoms with Crippen LogP contribution in [0.2, 0.25) is 0 Å². The van der Waals surface area contributed by atoms with Crippen LogP contribution in [0.25, 0.3) is 11.6 Å². The normalized spacial score (nSPS) is 11.8. The van der Waals surface area contributed by atoms with Gasteiger partial charge in [0, 0.05) is 17.8 Å². The molecule has 0 saturated carbocycles. The van der Waals surface area contributed by atoms with Crippen molar-refractivity contribution >= 4 is 22.6 Å². The number of H-pyrrole nitrogens is 2. The van der Waals surface area contributed by atoms with E-state index in [0.29, 0.717) is 15.2 Å². The molecule has 2 aromatic rings. The van der Waals surface area contributed by atoms with Crippen molar-refractivity contribution in [2.45, 2.75) is 26.2 Å². The third kappa shape index (κ3) is 2.41. The molecule has 0 unspecified atom stereocenters. The second-order valence-corrected chi connectivity index (χ2v) is 5.84. The van der Waals surface area contributed by atoms with E-state index in [1.807, 2.05) is 43.4 Å². The van der Waals surface area contributed by atoms with Crippen LogP contribution in [-0.4, -0.2) is 19.9 Å². The van der Waals surface area contributed by atoms with Crippen LogP contribution in [0.15, 0.2) is 17.2 Å². The molecule has 0 aliphatic heterocycles. The molecule has 2 N–H and O–H groups in total. The Bertz CT molecular complexity index is 581. The van der Waals surface area contributed by atoms with Crippen LogP contribution in [0.4, 0.5) is 0 Å². The molecular weight excluding hydrogens is 331 g/mol. The molecule has 2 aromatic heterocycles. The molecule has 0 amide bonds. The largest absolute Gasteiger partial charge is 0.342 e. The van der Waals surface area contributed by atoms with Crippen LogP contribution in [0.3, 0.4) is 0 Å². The zero-order chi connectivity index (χ0) is 12.6. The van der Waals surface area contributed by atoms with E-state index < -0.39 is 0 Å². The molecule has 0 fully saturated rings. The molecule has 0 radical (unpaired) electrons. The van der Waals surface area contributed by atoms with Gasteiger partial charge in [-0.05, 0) is 22.6 Å². The Morgan fingerprint density at radius 1 is 1.29 bits per heavy atom. The van der Waals surface area contributed by atoms with Crippen molar-refractivity contribution in [2.24, 2.45) is 0 Å². The average Bonchev–Trinajstić information content (AvgIpc) is 2.73. The van der Waals surface area contributed by atoms with Crippen molar-refractivity contribution in [2.75, 3.05) is 0 Å². The van der Waals surface area contributed by atoms with Gasteiger partial charge in [-0.1, -0.05) is 20.8 Å². The lowest BCUT2D eigenvalue weighted by Gasteiger charge is -2.19. The summed E-state index contributed by atoms with van der Waals surface area (Å²) in [5.41, 5.74) is 0.483. The number of rotatable bonds is 1. The fourth-order valence-electron chi connectivity index (χ4n) is 1.46. The molecule has 6 heteroatoms. The summed E-state index contributed by atoms with van der Waals surface area (Å²) in [6.45, 7) is 6.09. The highest BCUT2D eigenvalue weighted by Crippen LogP contribution is 2.24. The smallest absolute Gasteiger partial charge is 0.264 e. The van der Waals surface area contributed by atoms with Gasteiger partial charge in [0.25, 0.3) is 5.56 Å². The highest BCUT2D eigenvalue weighted by Gasteiger charge is 2.22. The molecule has 0 aromatic carbocycles. The summed E-state index contributed by atoms with van der Waals surface area (Å²) in [7, 11) is 0. The number of nitrogens with one attached hydrogen (secondary N) is 2. The summed E-state index contributed by atoms with van der Waals surface area (Å²) in [6, 6.07) is 0. The number of aromatic nitrogens is 4. The third-order valence-corrected chi connectivity index (χ3v) is 3.30. The second-order valence-electron chi connectivity index (χ2n) is 4.76. The molecule has 17 heavy (non-hydrogen) atoms. The predicted octanol–water partition coefficient (Wildman–Crippen LogP) is 2.06. The van der Waals surface area contributed by atoms with E-state index in [4.69, 9.17) is 0 Å². The molecule has 5 nitrogen and oxygen atoms in total. The van der Waals surface area contributed by atoms with Crippen LogP contribution < -0.4 is 5.56 Å². The maximum absolute atomic E-state index is 11.9. The van der Waals surface area contributed by atoms with Crippen molar-refractivity contribution in [1.29, 1.82) is 0 Å². The van der Waals surface area contributed by atoms with E-state index in [1.165, 1.54) is 0 Å². The summed E-state index contributed by atoms with van der Waals surface area (Å²) in [5.74, 6) is 1.05. The average molecular weight is 344 g/mol. The van der Waals surface area contributed by atoms with E-state index in [1.54, 1.807) is 12.4 Å². The monoisotopic (exact) mass is 344 g/mol. The number of aromatic amines is 2. The number of hydrogen-bond donors (Lipinski definition) is 2. The van der Waals surface area contributed by atoms with Crippen LogP contribution in [-0.2, 0) is 5.41 Å². The molecule has 0 saturated heterocycles. The van der Waals surface area contributed by atoms with Crippen LogP contribution in [0, 0.1) is 3.57 Å². The minimum absolute atomic E-state index is 0.128. The van der Waals surface area contributed by atoms with Gasteiger partial charge in [-0.2, -0.15) is 0 Å². The molecule has 2 heterocycles. The van der Waals surface area contributed by atoms with E-state index in [9.17, 15) is 4.79 Å². The number of imidazole rings is 1. The van der Waals surface area contributed by atoms with Gasteiger partial charge in [0.05, 0.1) is 5.69 Å². The maximum Gasteiger partial charge on any atom is 0.264 e. The lowest BCUT2D eigenvalue weighted by Crippen LogP contribution is -2.24. The first-order valence-electron chi connectivity index (χ1n) is 5.19. The summed E-state index contributed by atoms with van der Waals surface area (Å²) in [5, 5.41) is 0. The SMILES string of the molecule is CC(C)(C)c1nc(-c2ncc[nH]2)[nH]c(=O)c1I. The van der Waals surface area contributed by atoms with Crippen molar-refractivity contribution in [3.8, 4) is 11.6 Å². The minimum Gasteiger partial charge on any atom is -0.342 e. The van der Waals surface area contributed by atoms with E-state index in [2.05, 4.69) is 19.9 Å². The Balaban J connectivity index is 2.67. The highest BCUT2D eigenvalue weighted by molar-refractivity contribution is 14.1. The first-order chi connectivity index (χ1) is 7.89. The van der Waals surface area contributed by atoms with Gasteiger partial charge in [-0.15, -0.1) is 0 Å². The molecule has 90 valence electrons. The lowest BCUT2D eigenvalue weighted by molar-refractivity contribution is 0.562. The molecular formula is C11H13IN4O. The lowest BCUT2D eigenvalue weighted by atomic mass is 9.92. The topological polar surface area (TPSA) is 74.4 Å². The first kappa shape index (κ1) is 12.3. The Labute approximate surface area is 112 Å². The van der Waals surface area contributed by atoms with Crippen molar-refractivity contribution in [1.82, 2.24) is 19.9 Å². The van der Waals surface area contributed by atoms with Gasteiger partial charge in [0.1, 0.15) is 3.57 Å². The maximum atomic E-state index is 11.9. The van der Waals surface area contributed by atoms with Crippen LogP contribution in [0.1, 0.15) is 26.5 Å². The van der Waals surface area contributed by atoms with Crippen LogP contribution in [0.5, 0.6) is 0 Å². The Kier molecular flexibility index (Phi) is 3.07. The van der Waals surface area contributed by atoms with Crippen molar-refractivity contribution in [3.63, 3.8) is 0 Å². The van der Waals surface area contributed by atoms with Crippen molar-refractivity contribution in [3.05, 3.63) is 32.0 Å². The van der Waals surface area contributed by atoms with E-state index >= 15 is 0 Å². The van der Waals surface area contributed by atoms with E-state index in [-0.39, 0.29) is 11.0 Å².